The lowest BCUT2D eigenvalue weighted by atomic mass is 9.94. The number of carbonyl (C=O) groups excluding carboxylic acids is 1. The van der Waals surface area contributed by atoms with E-state index in [1.807, 2.05) is 6.92 Å². The Hall–Kier alpha value is -1.48. The molecular weight excluding hydrogens is 366 g/mol. The quantitative estimate of drug-likeness (QED) is 0.777. The molecule has 0 aliphatic carbocycles. The summed E-state index contributed by atoms with van der Waals surface area (Å²) in [6, 6.07) is 5.05. The second kappa shape index (κ2) is 8.68. The third-order valence-corrected chi connectivity index (χ3v) is 7.42. The number of morpholine rings is 1. The molecule has 150 valence electrons. The third-order valence-electron chi connectivity index (χ3n) is 5.44. The topological polar surface area (TPSA) is 87.7 Å². The number of sulfonamides is 1. The zero-order valence-electron chi connectivity index (χ0n) is 16.0. The Balaban J connectivity index is 1.85. The number of ether oxygens (including phenoxy) is 1. The fraction of sp³-hybridized carbons (Fsp3) is 0.632. The molecule has 2 atom stereocenters. The molecule has 2 heterocycles. The second-order valence-electron chi connectivity index (χ2n) is 7.24. The van der Waals surface area contributed by atoms with Gasteiger partial charge in [0.15, 0.2) is 0 Å². The van der Waals surface area contributed by atoms with E-state index in [4.69, 9.17) is 4.74 Å². The van der Waals surface area contributed by atoms with Gasteiger partial charge in [0.05, 0.1) is 18.1 Å². The van der Waals surface area contributed by atoms with Gasteiger partial charge >= 0.3 is 0 Å². The molecule has 1 aromatic rings. The first-order valence-corrected chi connectivity index (χ1v) is 11.1. The Bertz CT molecular complexity index is 775. The molecule has 8 heteroatoms. The maximum Gasteiger partial charge on any atom is 0.251 e. The number of hydrogen-bond acceptors (Lipinski definition) is 5. The van der Waals surface area contributed by atoms with Gasteiger partial charge in [0.25, 0.3) is 5.91 Å². The van der Waals surface area contributed by atoms with Gasteiger partial charge < -0.3 is 15.4 Å². The molecule has 2 N–H and O–H groups in total. The zero-order chi connectivity index (χ0) is 19.4. The van der Waals surface area contributed by atoms with Crippen molar-refractivity contribution in [1.82, 2.24) is 14.9 Å². The molecule has 7 nitrogen and oxygen atoms in total. The molecular formula is C19H29N3O4S. The van der Waals surface area contributed by atoms with Crippen LogP contribution in [-0.4, -0.2) is 64.1 Å². The Morgan fingerprint density at radius 2 is 2.07 bits per heavy atom. The number of amides is 1. The Kier molecular flexibility index (Phi) is 6.52. The van der Waals surface area contributed by atoms with Crippen molar-refractivity contribution in [2.75, 3.05) is 39.4 Å². The smallest absolute Gasteiger partial charge is 0.251 e. The van der Waals surface area contributed by atoms with Crippen LogP contribution < -0.4 is 10.6 Å². The number of piperidine rings is 1. The molecule has 1 amide bonds. The summed E-state index contributed by atoms with van der Waals surface area (Å²) < 4.78 is 32.9. The lowest BCUT2D eigenvalue weighted by Crippen LogP contribution is -2.50. The number of aryl methyl sites for hydroxylation is 1. The number of nitrogens with zero attached hydrogens (tertiary/aromatic N) is 1. The van der Waals surface area contributed by atoms with E-state index in [9.17, 15) is 13.2 Å². The highest BCUT2D eigenvalue weighted by molar-refractivity contribution is 7.89. The lowest BCUT2D eigenvalue weighted by molar-refractivity contribution is 0.0730. The maximum absolute atomic E-state index is 13.1. The van der Waals surface area contributed by atoms with E-state index in [1.54, 1.807) is 12.1 Å². The number of rotatable bonds is 5. The normalized spacial score (nSPS) is 24.5. The number of nitrogens with one attached hydrogen (secondary N) is 2. The molecule has 2 aliphatic heterocycles. The molecule has 0 spiro atoms. The highest BCUT2D eigenvalue weighted by Crippen LogP contribution is 2.24. The van der Waals surface area contributed by atoms with Gasteiger partial charge in [0.1, 0.15) is 0 Å². The highest BCUT2D eigenvalue weighted by atomic mass is 32.2. The standard InChI is InChI=1S/C19H29N3O4S/c1-3-15-4-5-16(19(23)21-17-13-20-7-6-14(17)2)12-18(15)27(24,25)22-8-10-26-11-9-22/h4-5,12,14,17,20H,3,6-11,13H2,1-2H3,(H,21,23). The van der Waals surface area contributed by atoms with Crippen LogP contribution in [0.5, 0.6) is 0 Å². The van der Waals surface area contributed by atoms with Crippen LogP contribution in [0, 0.1) is 5.92 Å². The van der Waals surface area contributed by atoms with Gasteiger partial charge in [-0.3, -0.25) is 4.79 Å². The minimum atomic E-state index is -3.64. The van der Waals surface area contributed by atoms with E-state index in [0.717, 1.165) is 25.1 Å². The van der Waals surface area contributed by atoms with Crippen LogP contribution in [0.4, 0.5) is 0 Å². The predicted octanol–water partition coefficient (Wildman–Crippen LogP) is 0.998. The van der Waals surface area contributed by atoms with Crippen molar-refractivity contribution < 1.29 is 17.9 Å². The van der Waals surface area contributed by atoms with Crippen LogP contribution in [0.3, 0.4) is 0 Å². The van der Waals surface area contributed by atoms with Crippen molar-refractivity contribution in [2.24, 2.45) is 5.92 Å². The van der Waals surface area contributed by atoms with E-state index in [2.05, 4.69) is 17.6 Å². The van der Waals surface area contributed by atoms with Crippen LogP contribution in [-0.2, 0) is 21.2 Å². The van der Waals surface area contributed by atoms with Gasteiger partial charge in [-0.15, -0.1) is 0 Å². The minimum absolute atomic E-state index is 0.0522. The highest BCUT2D eigenvalue weighted by Gasteiger charge is 2.29. The molecule has 2 unspecified atom stereocenters. The van der Waals surface area contributed by atoms with E-state index in [1.165, 1.54) is 10.4 Å². The van der Waals surface area contributed by atoms with Crippen LogP contribution in [0.25, 0.3) is 0 Å². The Morgan fingerprint density at radius 1 is 1.33 bits per heavy atom. The molecule has 2 saturated heterocycles. The summed E-state index contributed by atoms with van der Waals surface area (Å²) >= 11 is 0. The predicted molar refractivity (Wildman–Crippen MR) is 103 cm³/mol. The maximum atomic E-state index is 13.1. The summed E-state index contributed by atoms with van der Waals surface area (Å²) in [5, 5.41) is 6.34. The number of hydrogen-bond donors (Lipinski definition) is 2. The van der Waals surface area contributed by atoms with Gasteiger partial charge in [-0.2, -0.15) is 4.31 Å². The van der Waals surface area contributed by atoms with Gasteiger partial charge in [-0.25, -0.2) is 8.42 Å². The van der Waals surface area contributed by atoms with E-state index >= 15 is 0 Å². The van der Waals surface area contributed by atoms with Gasteiger partial charge in [0.2, 0.25) is 10.0 Å². The summed E-state index contributed by atoms with van der Waals surface area (Å²) in [4.78, 5) is 13.0. The van der Waals surface area contributed by atoms with Crippen molar-refractivity contribution in [2.45, 2.75) is 37.6 Å². The average Bonchev–Trinajstić information content (AvgIpc) is 2.69. The van der Waals surface area contributed by atoms with Crippen molar-refractivity contribution in [3.05, 3.63) is 29.3 Å². The van der Waals surface area contributed by atoms with Gasteiger partial charge in [-0.05, 0) is 43.0 Å². The molecule has 0 radical (unpaired) electrons. The summed E-state index contributed by atoms with van der Waals surface area (Å²) in [6.07, 6.45) is 1.60. The number of benzene rings is 1. The first kappa shape index (κ1) is 20.3. The van der Waals surface area contributed by atoms with Crippen molar-refractivity contribution in [3.8, 4) is 0 Å². The minimum Gasteiger partial charge on any atom is -0.379 e. The van der Waals surface area contributed by atoms with E-state index in [0.29, 0.717) is 44.2 Å². The van der Waals surface area contributed by atoms with Crippen LogP contribution in [0.2, 0.25) is 0 Å². The van der Waals surface area contributed by atoms with Crippen LogP contribution in [0.1, 0.15) is 36.2 Å². The lowest BCUT2D eigenvalue weighted by Gasteiger charge is -2.30. The first-order valence-electron chi connectivity index (χ1n) is 9.66. The summed E-state index contributed by atoms with van der Waals surface area (Å²) in [6.45, 7) is 7.21. The average molecular weight is 396 g/mol. The van der Waals surface area contributed by atoms with Crippen molar-refractivity contribution >= 4 is 15.9 Å². The SMILES string of the molecule is CCc1ccc(C(=O)NC2CNCCC2C)cc1S(=O)(=O)N1CCOCC1. The molecule has 0 aromatic heterocycles. The van der Waals surface area contributed by atoms with Crippen LogP contribution >= 0.6 is 0 Å². The molecule has 0 bridgehead atoms. The van der Waals surface area contributed by atoms with E-state index < -0.39 is 10.0 Å². The molecule has 2 aliphatic rings. The Labute approximate surface area is 161 Å². The number of carbonyl (C=O) groups is 1. The van der Waals surface area contributed by atoms with Gasteiger partial charge in [-0.1, -0.05) is 19.9 Å². The van der Waals surface area contributed by atoms with Crippen molar-refractivity contribution in [3.63, 3.8) is 0 Å². The largest absolute Gasteiger partial charge is 0.379 e. The monoisotopic (exact) mass is 395 g/mol. The second-order valence-corrected chi connectivity index (χ2v) is 9.15. The molecule has 27 heavy (non-hydrogen) atoms. The van der Waals surface area contributed by atoms with E-state index in [-0.39, 0.29) is 16.8 Å². The molecule has 1 aromatic carbocycles. The summed E-state index contributed by atoms with van der Waals surface area (Å²) in [7, 11) is -3.64. The fourth-order valence-electron chi connectivity index (χ4n) is 3.59. The fourth-order valence-corrected chi connectivity index (χ4v) is 5.32. The van der Waals surface area contributed by atoms with Crippen LogP contribution in [0.15, 0.2) is 23.1 Å². The molecule has 2 fully saturated rings. The molecule has 0 saturated carbocycles. The zero-order valence-corrected chi connectivity index (χ0v) is 16.8. The summed E-state index contributed by atoms with van der Waals surface area (Å²) in [5.41, 5.74) is 1.11. The summed E-state index contributed by atoms with van der Waals surface area (Å²) in [5.74, 6) is 0.165. The third kappa shape index (κ3) is 4.51. The first-order chi connectivity index (χ1) is 12.9. The molecule has 3 rings (SSSR count). The Morgan fingerprint density at radius 3 is 2.74 bits per heavy atom. The van der Waals surface area contributed by atoms with Gasteiger partial charge in [0, 0.05) is 31.2 Å². The van der Waals surface area contributed by atoms with Crippen molar-refractivity contribution in [1.29, 1.82) is 0 Å².